The number of nitrogens with one attached hydrogen (secondary N) is 1. The fourth-order valence-corrected chi connectivity index (χ4v) is 3.08. The van der Waals surface area contributed by atoms with Gasteiger partial charge in [-0.25, -0.2) is 0 Å². The standard InChI is InChI=1S/C20H24Cl2N2O2/c1-5-24(6-2)16-8-9-18(13(3)11-16)23-20(25)14(4)26-19-10-7-15(21)12-17(19)22/h7-12,14H,5-6H2,1-4H3,(H,23,25). The molecule has 2 rings (SSSR count). The van der Waals surface area contributed by atoms with Gasteiger partial charge in [0.2, 0.25) is 0 Å². The van der Waals surface area contributed by atoms with Crippen molar-refractivity contribution in [3.8, 4) is 5.75 Å². The topological polar surface area (TPSA) is 41.6 Å². The molecule has 0 aliphatic heterocycles. The number of rotatable bonds is 7. The molecule has 0 aliphatic carbocycles. The minimum absolute atomic E-state index is 0.241. The van der Waals surface area contributed by atoms with Crippen LogP contribution >= 0.6 is 23.2 Å². The Balaban J connectivity index is 2.06. The summed E-state index contributed by atoms with van der Waals surface area (Å²) < 4.78 is 5.66. The van der Waals surface area contributed by atoms with Crippen molar-refractivity contribution in [3.63, 3.8) is 0 Å². The molecule has 0 aromatic heterocycles. The first-order chi connectivity index (χ1) is 12.3. The molecule has 0 heterocycles. The zero-order valence-corrected chi connectivity index (χ0v) is 17.0. The van der Waals surface area contributed by atoms with Crippen LogP contribution in [0.25, 0.3) is 0 Å². The second-order valence-corrected chi connectivity index (χ2v) is 6.84. The molecule has 0 fully saturated rings. The molecule has 0 spiro atoms. The number of nitrogens with zero attached hydrogens (tertiary/aromatic N) is 1. The lowest BCUT2D eigenvalue weighted by atomic mass is 10.1. The normalized spacial score (nSPS) is 11.8. The SMILES string of the molecule is CCN(CC)c1ccc(NC(=O)C(C)Oc2ccc(Cl)cc2Cl)c(C)c1. The Bertz CT molecular complexity index is 776. The third kappa shape index (κ3) is 5.05. The van der Waals surface area contributed by atoms with E-state index in [1.54, 1.807) is 25.1 Å². The Hall–Kier alpha value is -1.91. The molecule has 0 bridgehead atoms. The van der Waals surface area contributed by atoms with Crippen molar-refractivity contribution in [2.24, 2.45) is 0 Å². The summed E-state index contributed by atoms with van der Waals surface area (Å²) in [5.41, 5.74) is 2.91. The molecule has 0 aliphatic rings. The first-order valence-corrected chi connectivity index (χ1v) is 9.39. The quantitative estimate of drug-likeness (QED) is 0.668. The third-order valence-electron chi connectivity index (χ3n) is 4.16. The Morgan fingerprint density at radius 2 is 1.85 bits per heavy atom. The van der Waals surface area contributed by atoms with Gasteiger partial charge in [0.15, 0.2) is 6.10 Å². The lowest BCUT2D eigenvalue weighted by Gasteiger charge is -2.22. The average Bonchev–Trinajstić information content (AvgIpc) is 2.60. The van der Waals surface area contributed by atoms with Gasteiger partial charge in [-0.15, -0.1) is 0 Å². The molecular weight excluding hydrogens is 371 g/mol. The van der Waals surface area contributed by atoms with Crippen molar-refractivity contribution < 1.29 is 9.53 Å². The van der Waals surface area contributed by atoms with Crippen molar-refractivity contribution >= 4 is 40.5 Å². The van der Waals surface area contributed by atoms with Crippen LogP contribution in [0.15, 0.2) is 36.4 Å². The van der Waals surface area contributed by atoms with Gasteiger partial charge < -0.3 is 15.0 Å². The molecule has 1 amide bonds. The maximum absolute atomic E-state index is 12.5. The van der Waals surface area contributed by atoms with Crippen molar-refractivity contribution in [2.45, 2.75) is 33.8 Å². The van der Waals surface area contributed by atoms with E-state index in [9.17, 15) is 4.79 Å². The predicted octanol–water partition coefficient (Wildman–Crippen LogP) is 5.55. The summed E-state index contributed by atoms with van der Waals surface area (Å²) in [6, 6.07) is 10.9. The number of aryl methyl sites for hydroxylation is 1. The van der Waals surface area contributed by atoms with Gasteiger partial charge in [-0.3, -0.25) is 4.79 Å². The second kappa shape index (κ2) is 9.15. The fraction of sp³-hybridized carbons (Fsp3) is 0.350. The average molecular weight is 395 g/mol. The molecule has 1 unspecified atom stereocenters. The Morgan fingerprint density at radius 1 is 1.15 bits per heavy atom. The van der Waals surface area contributed by atoms with Gasteiger partial charge >= 0.3 is 0 Å². The first kappa shape index (κ1) is 20.4. The summed E-state index contributed by atoms with van der Waals surface area (Å²) >= 11 is 12.0. The maximum Gasteiger partial charge on any atom is 0.265 e. The van der Waals surface area contributed by atoms with Gasteiger partial charge in [-0.2, -0.15) is 0 Å². The van der Waals surface area contributed by atoms with E-state index in [1.165, 1.54) is 0 Å². The number of ether oxygens (including phenoxy) is 1. The number of anilines is 2. The summed E-state index contributed by atoms with van der Waals surface area (Å²) in [6.45, 7) is 9.78. The monoisotopic (exact) mass is 394 g/mol. The van der Waals surface area contributed by atoms with Crippen LogP contribution in [-0.2, 0) is 4.79 Å². The molecule has 26 heavy (non-hydrogen) atoms. The van der Waals surface area contributed by atoms with E-state index in [1.807, 2.05) is 19.1 Å². The van der Waals surface area contributed by atoms with Crippen LogP contribution < -0.4 is 15.0 Å². The molecular formula is C20H24Cl2N2O2. The number of hydrogen-bond donors (Lipinski definition) is 1. The van der Waals surface area contributed by atoms with Crippen LogP contribution in [-0.4, -0.2) is 25.1 Å². The van der Waals surface area contributed by atoms with Crippen molar-refractivity contribution in [1.29, 1.82) is 0 Å². The van der Waals surface area contributed by atoms with Crippen LogP contribution in [0.4, 0.5) is 11.4 Å². The predicted molar refractivity (Wildman–Crippen MR) is 110 cm³/mol. The van der Waals surface area contributed by atoms with Crippen LogP contribution in [0, 0.1) is 6.92 Å². The number of carbonyl (C=O) groups excluding carboxylic acids is 1. The molecule has 0 saturated heterocycles. The van der Waals surface area contributed by atoms with E-state index in [4.69, 9.17) is 27.9 Å². The van der Waals surface area contributed by atoms with Gasteiger partial charge in [-0.1, -0.05) is 23.2 Å². The van der Waals surface area contributed by atoms with E-state index in [0.717, 1.165) is 30.0 Å². The number of benzene rings is 2. The minimum Gasteiger partial charge on any atom is -0.479 e. The second-order valence-electron chi connectivity index (χ2n) is 6.00. The van der Waals surface area contributed by atoms with Crippen LogP contribution in [0.5, 0.6) is 5.75 Å². The highest BCUT2D eigenvalue weighted by Gasteiger charge is 2.17. The largest absolute Gasteiger partial charge is 0.479 e. The van der Waals surface area contributed by atoms with Gasteiger partial charge in [0, 0.05) is 29.5 Å². The summed E-state index contributed by atoms with van der Waals surface area (Å²) in [5.74, 6) is 0.182. The number of carbonyl (C=O) groups is 1. The summed E-state index contributed by atoms with van der Waals surface area (Å²) in [4.78, 5) is 14.7. The van der Waals surface area contributed by atoms with Gasteiger partial charge in [-0.05, 0) is 69.7 Å². The van der Waals surface area contributed by atoms with E-state index < -0.39 is 6.10 Å². The number of hydrogen-bond acceptors (Lipinski definition) is 3. The highest BCUT2D eigenvalue weighted by Crippen LogP contribution is 2.29. The summed E-state index contributed by atoms with van der Waals surface area (Å²) in [5, 5.41) is 3.80. The Labute approximate surface area is 165 Å². The molecule has 1 N–H and O–H groups in total. The zero-order chi connectivity index (χ0) is 19.3. The van der Waals surface area contributed by atoms with Gasteiger partial charge in [0.25, 0.3) is 5.91 Å². The van der Waals surface area contributed by atoms with E-state index in [-0.39, 0.29) is 5.91 Å². The summed E-state index contributed by atoms with van der Waals surface area (Å²) in [6.07, 6.45) is -0.699. The molecule has 2 aromatic carbocycles. The van der Waals surface area contributed by atoms with E-state index in [0.29, 0.717) is 15.8 Å². The molecule has 0 radical (unpaired) electrons. The van der Waals surface area contributed by atoms with Gasteiger partial charge in [0.1, 0.15) is 5.75 Å². The van der Waals surface area contributed by atoms with Crippen molar-refractivity contribution in [1.82, 2.24) is 0 Å². The molecule has 2 aromatic rings. The first-order valence-electron chi connectivity index (χ1n) is 8.63. The number of halogens is 2. The van der Waals surface area contributed by atoms with Crippen molar-refractivity contribution in [3.05, 3.63) is 52.0 Å². The van der Waals surface area contributed by atoms with E-state index in [2.05, 4.69) is 30.1 Å². The zero-order valence-electron chi connectivity index (χ0n) is 15.5. The number of amides is 1. The fourth-order valence-electron chi connectivity index (χ4n) is 2.62. The lowest BCUT2D eigenvalue weighted by molar-refractivity contribution is -0.122. The van der Waals surface area contributed by atoms with E-state index >= 15 is 0 Å². The van der Waals surface area contributed by atoms with Crippen molar-refractivity contribution in [2.75, 3.05) is 23.3 Å². The summed E-state index contributed by atoms with van der Waals surface area (Å²) in [7, 11) is 0. The Kier molecular flexibility index (Phi) is 7.18. The molecule has 4 nitrogen and oxygen atoms in total. The molecule has 6 heteroatoms. The minimum atomic E-state index is -0.699. The molecule has 0 saturated carbocycles. The third-order valence-corrected chi connectivity index (χ3v) is 4.69. The van der Waals surface area contributed by atoms with Gasteiger partial charge in [0.05, 0.1) is 5.02 Å². The smallest absolute Gasteiger partial charge is 0.265 e. The lowest BCUT2D eigenvalue weighted by Crippen LogP contribution is -2.30. The highest BCUT2D eigenvalue weighted by atomic mass is 35.5. The molecule has 1 atom stereocenters. The Morgan fingerprint density at radius 3 is 2.42 bits per heavy atom. The molecule has 140 valence electrons. The highest BCUT2D eigenvalue weighted by molar-refractivity contribution is 6.35. The van der Waals surface area contributed by atoms with Crippen LogP contribution in [0.2, 0.25) is 10.0 Å². The maximum atomic E-state index is 12.5. The van der Waals surface area contributed by atoms with Crippen LogP contribution in [0.3, 0.4) is 0 Å². The van der Waals surface area contributed by atoms with Crippen LogP contribution in [0.1, 0.15) is 26.3 Å².